The van der Waals surface area contributed by atoms with E-state index in [0.29, 0.717) is 12.6 Å². The molecule has 0 saturated carbocycles. The first-order valence-corrected chi connectivity index (χ1v) is 6.21. The molecule has 1 atom stereocenters. The molecule has 1 fully saturated rings. The zero-order valence-corrected chi connectivity index (χ0v) is 9.80. The van der Waals surface area contributed by atoms with Gasteiger partial charge < -0.3 is 15.1 Å². The van der Waals surface area contributed by atoms with E-state index in [-0.39, 0.29) is 0 Å². The number of fused-ring (bicyclic) bond motifs is 1. The van der Waals surface area contributed by atoms with Crippen LogP contribution >= 0.6 is 0 Å². The molecule has 2 aromatic rings. The Balaban J connectivity index is 1.96. The number of para-hydroxylation sites is 2. The van der Waals surface area contributed by atoms with E-state index in [9.17, 15) is 0 Å². The number of rotatable bonds is 2. The summed E-state index contributed by atoms with van der Waals surface area (Å²) in [6, 6.07) is 8.97. The largest absolute Gasteiger partial charge is 0.423 e. The number of nitrogens with two attached hydrogens (primary N) is 1. The molecule has 1 aliphatic rings. The molecule has 2 N–H and O–H groups in total. The van der Waals surface area contributed by atoms with E-state index in [4.69, 9.17) is 10.2 Å². The minimum atomic E-state index is 0.372. The molecule has 0 aliphatic carbocycles. The highest BCUT2D eigenvalue weighted by Crippen LogP contribution is 2.27. The molecule has 0 amide bonds. The molecule has 1 aromatic heterocycles. The lowest BCUT2D eigenvalue weighted by atomic mass is 10.0. The van der Waals surface area contributed by atoms with E-state index in [1.54, 1.807) is 0 Å². The number of anilines is 1. The summed E-state index contributed by atoms with van der Waals surface area (Å²) < 4.78 is 5.80. The van der Waals surface area contributed by atoms with Crippen molar-refractivity contribution in [3.63, 3.8) is 0 Å². The van der Waals surface area contributed by atoms with Crippen LogP contribution in [0.2, 0.25) is 0 Å². The zero-order chi connectivity index (χ0) is 11.7. The third kappa shape index (κ3) is 1.89. The molecule has 2 heterocycles. The Hall–Kier alpha value is -1.55. The van der Waals surface area contributed by atoms with Gasteiger partial charge in [0.25, 0.3) is 6.01 Å². The van der Waals surface area contributed by atoms with Gasteiger partial charge in [-0.25, -0.2) is 0 Å². The first-order chi connectivity index (χ1) is 8.38. The Kier molecular flexibility index (Phi) is 2.73. The quantitative estimate of drug-likeness (QED) is 0.860. The van der Waals surface area contributed by atoms with E-state index in [2.05, 4.69) is 9.88 Å². The van der Waals surface area contributed by atoms with Gasteiger partial charge in [-0.1, -0.05) is 12.1 Å². The number of oxazole rings is 1. The molecule has 17 heavy (non-hydrogen) atoms. The molecule has 0 radical (unpaired) electrons. The fourth-order valence-corrected chi connectivity index (χ4v) is 2.48. The van der Waals surface area contributed by atoms with E-state index >= 15 is 0 Å². The van der Waals surface area contributed by atoms with Crippen molar-refractivity contribution in [1.29, 1.82) is 0 Å². The number of aromatic nitrogens is 1. The summed E-state index contributed by atoms with van der Waals surface area (Å²) in [4.78, 5) is 6.75. The molecule has 4 nitrogen and oxygen atoms in total. The molecular formula is C13H17N3O. The van der Waals surface area contributed by atoms with Crippen LogP contribution in [0.1, 0.15) is 19.3 Å². The predicted molar refractivity (Wildman–Crippen MR) is 68.0 cm³/mol. The third-order valence-electron chi connectivity index (χ3n) is 3.43. The van der Waals surface area contributed by atoms with Gasteiger partial charge in [0.2, 0.25) is 0 Å². The van der Waals surface area contributed by atoms with Crippen molar-refractivity contribution in [1.82, 2.24) is 4.98 Å². The van der Waals surface area contributed by atoms with Gasteiger partial charge in [0.1, 0.15) is 5.52 Å². The predicted octanol–water partition coefficient (Wildman–Crippen LogP) is 2.15. The molecule has 0 spiro atoms. The van der Waals surface area contributed by atoms with Crippen LogP contribution in [-0.4, -0.2) is 24.1 Å². The number of hydrogen-bond acceptors (Lipinski definition) is 4. The van der Waals surface area contributed by atoms with Crippen LogP contribution in [0.4, 0.5) is 6.01 Å². The van der Waals surface area contributed by atoms with Crippen molar-refractivity contribution in [2.45, 2.75) is 25.3 Å². The second-order valence-corrected chi connectivity index (χ2v) is 4.54. The Morgan fingerprint density at radius 2 is 2.24 bits per heavy atom. The topological polar surface area (TPSA) is 55.3 Å². The van der Waals surface area contributed by atoms with E-state index in [1.807, 2.05) is 24.3 Å². The SMILES string of the molecule is NC[C@H]1CCCCN1c1nc2ccccc2o1. The molecule has 0 bridgehead atoms. The molecule has 0 unspecified atom stereocenters. The highest BCUT2D eigenvalue weighted by molar-refractivity contribution is 5.74. The second-order valence-electron chi connectivity index (χ2n) is 4.54. The summed E-state index contributed by atoms with van der Waals surface area (Å²) in [5.41, 5.74) is 7.59. The highest BCUT2D eigenvalue weighted by atomic mass is 16.4. The summed E-state index contributed by atoms with van der Waals surface area (Å²) >= 11 is 0. The first-order valence-electron chi connectivity index (χ1n) is 6.21. The van der Waals surface area contributed by atoms with Crippen LogP contribution in [0.3, 0.4) is 0 Å². The fraction of sp³-hybridized carbons (Fsp3) is 0.462. The van der Waals surface area contributed by atoms with Gasteiger partial charge in [0, 0.05) is 19.1 Å². The van der Waals surface area contributed by atoms with Crippen LogP contribution in [0, 0.1) is 0 Å². The highest BCUT2D eigenvalue weighted by Gasteiger charge is 2.25. The van der Waals surface area contributed by atoms with Crippen LogP contribution in [-0.2, 0) is 0 Å². The zero-order valence-electron chi connectivity index (χ0n) is 9.80. The number of hydrogen-bond donors (Lipinski definition) is 1. The molecule has 4 heteroatoms. The van der Waals surface area contributed by atoms with Crippen LogP contribution in [0.15, 0.2) is 28.7 Å². The minimum Gasteiger partial charge on any atom is -0.423 e. The van der Waals surface area contributed by atoms with Gasteiger partial charge in [0.15, 0.2) is 5.58 Å². The Morgan fingerprint density at radius 3 is 3.06 bits per heavy atom. The lowest BCUT2D eigenvalue weighted by Crippen LogP contribution is -2.44. The van der Waals surface area contributed by atoms with Gasteiger partial charge in [0.05, 0.1) is 0 Å². The second kappa shape index (κ2) is 4.37. The van der Waals surface area contributed by atoms with Crippen LogP contribution < -0.4 is 10.6 Å². The maximum atomic E-state index is 5.81. The van der Waals surface area contributed by atoms with Crippen molar-refractivity contribution >= 4 is 17.1 Å². The molecule has 3 rings (SSSR count). The monoisotopic (exact) mass is 231 g/mol. The maximum Gasteiger partial charge on any atom is 0.298 e. The van der Waals surface area contributed by atoms with Gasteiger partial charge in [-0.3, -0.25) is 0 Å². The lowest BCUT2D eigenvalue weighted by Gasteiger charge is -2.33. The summed E-state index contributed by atoms with van der Waals surface area (Å²) in [5.74, 6) is 0. The van der Waals surface area contributed by atoms with E-state index < -0.39 is 0 Å². The molecular weight excluding hydrogens is 214 g/mol. The third-order valence-corrected chi connectivity index (χ3v) is 3.43. The Labute approximate surface area is 100 Å². The summed E-state index contributed by atoms with van der Waals surface area (Å²) in [5, 5.41) is 0. The summed E-state index contributed by atoms with van der Waals surface area (Å²) in [6.07, 6.45) is 3.57. The maximum absolute atomic E-state index is 5.81. The Morgan fingerprint density at radius 1 is 1.35 bits per heavy atom. The van der Waals surface area contributed by atoms with Crippen molar-refractivity contribution in [3.8, 4) is 0 Å². The average molecular weight is 231 g/mol. The minimum absolute atomic E-state index is 0.372. The molecule has 1 aromatic carbocycles. The first kappa shape index (κ1) is 10.6. The van der Waals surface area contributed by atoms with Crippen molar-refractivity contribution < 1.29 is 4.42 Å². The van der Waals surface area contributed by atoms with Crippen LogP contribution in [0.25, 0.3) is 11.1 Å². The van der Waals surface area contributed by atoms with Gasteiger partial charge in [-0.2, -0.15) is 4.98 Å². The van der Waals surface area contributed by atoms with Crippen molar-refractivity contribution in [2.75, 3.05) is 18.0 Å². The van der Waals surface area contributed by atoms with Crippen LogP contribution in [0.5, 0.6) is 0 Å². The standard InChI is InChI=1S/C13H17N3O/c14-9-10-5-3-4-8-16(10)13-15-11-6-1-2-7-12(11)17-13/h1-2,6-7,10H,3-5,8-9,14H2/t10-/m1/s1. The molecule has 1 saturated heterocycles. The van der Waals surface area contributed by atoms with Gasteiger partial charge in [-0.15, -0.1) is 0 Å². The number of benzene rings is 1. The van der Waals surface area contributed by atoms with Gasteiger partial charge >= 0.3 is 0 Å². The van der Waals surface area contributed by atoms with E-state index in [1.165, 1.54) is 12.8 Å². The van der Waals surface area contributed by atoms with Crippen molar-refractivity contribution in [2.24, 2.45) is 5.73 Å². The smallest absolute Gasteiger partial charge is 0.298 e. The summed E-state index contributed by atoms with van der Waals surface area (Å²) in [6.45, 7) is 1.66. The van der Waals surface area contributed by atoms with Crippen molar-refractivity contribution in [3.05, 3.63) is 24.3 Å². The average Bonchev–Trinajstić information content (AvgIpc) is 2.82. The summed E-state index contributed by atoms with van der Waals surface area (Å²) in [7, 11) is 0. The van der Waals surface area contributed by atoms with E-state index in [0.717, 1.165) is 30.1 Å². The Bertz CT molecular complexity index is 475. The number of nitrogens with zero attached hydrogens (tertiary/aromatic N) is 2. The normalized spacial score (nSPS) is 21.0. The molecule has 1 aliphatic heterocycles. The fourth-order valence-electron chi connectivity index (χ4n) is 2.48. The lowest BCUT2D eigenvalue weighted by molar-refractivity contribution is 0.428. The number of piperidine rings is 1. The van der Waals surface area contributed by atoms with Gasteiger partial charge in [-0.05, 0) is 31.4 Å². The molecule has 90 valence electrons.